The molecule has 0 spiro atoms. The average Bonchev–Trinajstić information content (AvgIpc) is 2.64. The SMILES string of the molecule is CCC(C)c1ccc(C(N)C(=O)O)s1. The standard InChI is InChI=1S/C10H15NO2S/c1-3-6(2)7-4-5-8(14-7)9(11)10(12)13/h4-6,9H,3,11H2,1-2H3,(H,12,13). The lowest BCUT2D eigenvalue weighted by Crippen LogP contribution is -2.19. The van der Waals surface area contributed by atoms with Gasteiger partial charge in [0.05, 0.1) is 0 Å². The van der Waals surface area contributed by atoms with E-state index < -0.39 is 12.0 Å². The second kappa shape index (κ2) is 4.57. The molecule has 4 heteroatoms. The molecule has 0 aliphatic rings. The highest BCUT2D eigenvalue weighted by molar-refractivity contribution is 7.12. The van der Waals surface area contributed by atoms with Crippen LogP contribution in [0.5, 0.6) is 0 Å². The first-order chi connectivity index (χ1) is 6.56. The molecule has 3 nitrogen and oxygen atoms in total. The maximum absolute atomic E-state index is 10.6. The van der Waals surface area contributed by atoms with Crippen molar-refractivity contribution >= 4 is 17.3 Å². The number of hydrogen-bond acceptors (Lipinski definition) is 3. The van der Waals surface area contributed by atoms with E-state index in [4.69, 9.17) is 10.8 Å². The molecule has 3 N–H and O–H groups in total. The zero-order chi connectivity index (χ0) is 10.7. The van der Waals surface area contributed by atoms with Gasteiger partial charge >= 0.3 is 5.97 Å². The Balaban J connectivity index is 2.82. The number of thiophene rings is 1. The van der Waals surface area contributed by atoms with Crippen LogP contribution in [0.1, 0.15) is 42.0 Å². The third-order valence-corrected chi connectivity index (χ3v) is 3.72. The Hall–Kier alpha value is -0.870. The second-order valence-corrected chi connectivity index (χ2v) is 4.51. The Morgan fingerprint density at radius 1 is 1.57 bits per heavy atom. The minimum atomic E-state index is -0.970. The van der Waals surface area contributed by atoms with Gasteiger partial charge in [0.25, 0.3) is 0 Å². The van der Waals surface area contributed by atoms with Crippen molar-refractivity contribution in [2.75, 3.05) is 0 Å². The van der Waals surface area contributed by atoms with E-state index in [2.05, 4.69) is 13.8 Å². The molecule has 2 atom stereocenters. The lowest BCUT2D eigenvalue weighted by atomic mass is 10.1. The zero-order valence-electron chi connectivity index (χ0n) is 8.36. The van der Waals surface area contributed by atoms with E-state index in [1.807, 2.05) is 12.1 Å². The fraction of sp³-hybridized carbons (Fsp3) is 0.500. The predicted molar refractivity (Wildman–Crippen MR) is 57.6 cm³/mol. The summed E-state index contributed by atoms with van der Waals surface area (Å²) in [6.45, 7) is 4.24. The summed E-state index contributed by atoms with van der Waals surface area (Å²) in [5, 5.41) is 8.72. The summed E-state index contributed by atoms with van der Waals surface area (Å²) in [6, 6.07) is 2.90. The molecule has 1 aromatic rings. The van der Waals surface area contributed by atoms with Crippen LogP contribution in [0.3, 0.4) is 0 Å². The van der Waals surface area contributed by atoms with Crippen LogP contribution in [0.4, 0.5) is 0 Å². The summed E-state index contributed by atoms with van der Waals surface area (Å²) >= 11 is 1.50. The molecule has 2 unspecified atom stereocenters. The van der Waals surface area contributed by atoms with E-state index in [9.17, 15) is 4.79 Å². The lowest BCUT2D eigenvalue weighted by molar-refractivity contribution is -0.138. The topological polar surface area (TPSA) is 63.3 Å². The predicted octanol–water partition coefficient (Wildman–Crippen LogP) is 2.35. The molecule has 0 aromatic carbocycles. The van der Waals surface area contributed by atoms with Crippen molar-refractivity contribution in [3.63, 3.8) is 0 Å². The molecule has 0 saturated heterocycles. The molecule has 0 aliphatic carbocycles. The van der Waals surface area contributed by atoms with E-state index in [0.29, 0.717) is 5.92 Å². The Morgan fingerprint density at radius 2 is 2.14 bits per heavy atom. The molecule has 1 heterocycles. The first-order valence-electron chi connectivity index (χ1n) is 4.64. The molecule has 0 radical (unpaired) electrons. The zero-order valence-corrected chi connectivity index (χ0v) is 9.17. The summed E-state index contributed by atoms with van der Waals surface area (Å²) in [5.74, 6) is -0.489. The lowest BCUT2D eigenvalue weighted by Gasteiger charge is -2.04. The summed E-state index contributed by atoms with van der Waals surface area (Å²) < 4.78 is 0. The van der Waals surface area contributed by atoms with Crippen LogP contribution in [0.15, 0.2) is 12.1 Å². The molecule has 0 aliphatic heterocycles. The molecule has 78 valence electrons. The molecular formula is C10H15NO2S. The fourth-order valence-electron chi connectivity index (χ4n) is 1.12. The third kappa shape index (κ3) is 2.33. The smallest absolute Gasteiger partial charge is 0.325 e. The maximum Gasteiger partial charge on any atom is 0.325 e. The Bertz CT molecular complexity index is 322. The molecular weight excluding hydrogens is 198 g/mol. The van der Waals surface area contributed by atoms with Gasteiger partial charge in [-0.15, -0.1) is 11.3 Å². The highest BCUT2D eigenvalue weighted by Crippen LogP contribution is 2.29. The highest BCUT2D eigenvalue weighted by atomic mass is 32.1. The molecule has 14 heavy (non-hydrogen) atoms. The first kappa shape index (κ1) is 11.2. The summed E-state index contributed by atoms with van der Waals surface area (Å²) in [4.78, 5) is 12.6. The Morgan fingerprint density at radius 3 is 2.64 bits per heavy atom. The minimum absolute atomic E-state index is 0.481. The van der Waals surface area contributed by atoms with Crippen LogP contribution in [-0.4, -0.2) is 11.1 Å². The van der Waals surface area contributed by atoms with Crippen molar-refractivity contribution in [1.82, 2.24) is 0 Å². The second-order valence-electron chi connectivity index (χ2n) is 3.37. The summed E-state index contributed by atoms with van der Waals surface area (Å²) in [7, 11) is 0. The van der Waals surface area contributed by atoms with Crippen LogP contribution < -0.4 is 5.73 Å². The summed E-state index contributed by atoms with van der Waals surface area (Å²) in [6.07, 6.45) is 1.06. The quantitative estimate of drug-likeness (QED) is 0.807. The average molecular weight is 213 g/mol. The van der Waals surface area contributed by atoms with Crippen molar-refractivity contribution in [1.29, 1.82) is 0 Å². The van der Waals surface area contributed by atoms with E-state index in [-0.39, 0.29) is 0 Å². The van der Waals surface area contributed by atoms with Gasteiger partial charge in [0.2, 0.25) is 0 Å². The maximum atomic E-state index is 10.6. The van der Waals surface area contributed by atoms with Gasteiger partial charge in [-0.3, -0.25) is 4.79 Å². The van der Waals surface area contributed by atoms with Gasteiger partial charge in [0.1, 0.15) is 6.04 Å². The van der Waals surface area contributed by atoms with Gasteiger partial charge in [-0.25, -0.2) is 0 Å². The minimum Gasteiger partial charge on any atom is -0.480 e. The van der Waals surface area contributed by atoms with E-state index in [1.165, 1.54) is 16.2 Å². The van der Waals surface area contributed by atoms with Gasteiger partial charge < -0.3 is 10.8 Å². The molecule has 0 amide bonds. The van der Waals surface area contributed by atoms with Gasteiger partial charge in [-0.1, -0.05) is 13.8 Å². The fourth-order valence-corrected chi connectivity index (χ4v) is 2.26. The van der Waals surface area contributed by atoms with Gasteiger partial charge in [-0.05, 0) is 24.5 Å². The summed E-state index contributed by atoms with van der Waals surface area (Å²) in [5.41, 5.74) is 5.50. The number of carboxylic acid groups (broad SMARTS) is 1. The Labute approximate surface area is 87.6 Å². The van der Waals surface area contributed by atoms with Crippen LogP contribution in [-0.2, 0) is 4.79 Å². The van der Waals surface area contributed by atoms with Crippen LogP contribution >= 0.6 is 11.3 Å². The molecule has 0 fully saturated rings. The largest absolute Gasteiger partial charge is 0.480 e. The van der Waals surface area contributed by atoms with Crippen LogP contribution in [0.25, 0.3) is 0 Å². The van der Waals surface area contributed by atoms with Gasteiger partial charge in [0.15, 0.2) is 0 Å². The van der Waals surface area contributed by atoms with Gasteiger partial charge in [0, 0.05) is 9.75 Å². The molecule has 0 saturated carbocycles. The van der Waals surface area contributed by atoms with Crippen molar-refractivity contribution in [3.05, 3.63) is 21.9 Å². The van der Waals surface area contributed by atoms with Crippen molar-refractivity contribution in [2.24, 2.45) is 5.73 Å². The van der Waals surface area contributed by atoms with Crippen LogP contribution in [0, 0.1) is 0 Å². The van der Waals surface area contributed by atoms with Crippen LogP contribution in [0.2, 0.25) is 0 Å². The number of rotatable bonds is 4. The monoisotopic (exact) mass is 213 g/mol. The normalized spacial score (nSPS) is 15.1. The highest BCUT2D eigenvalue weighted by Gasteiger charge is 2.17. The molecule has 1 rings (SSSR count). The van der Waals surface area contributed by atoms with Gasteiger partial charge in [-0.2, -0.15) is 0 Å². The van der Waals surface area contributed by atoms with E-state index in [1.54, 1.807) is 0 Å². The van der Waals surface area contributed by atoms with Crippen molar-refractivity contribution in [2.45, 2.75) is 32.2 Å². The number of nitrogens with two attached hydrogens (primary N) is 1. The van der Waals surface area contributed by atoms with E-state index >= 15 is 0 Å². The first-order valence-corrected chi connectivity index (χ1v) is 5.46. The number of carbonyl (C=O) groups is 1. The molecule has 1 aromatic heterocycles. The number of hydrogen-bond donors (Lipinski definition) is 2. The Kier molecular flexibility index (Phi) is 3.66. The van der Waals surface area contributed by atoms with Crippen molar-refractivity contribution in [3.8, 4) is 0 Å². The van der Waals surface area contributed by atoms with Crippen molar-refractivity contribution < 1.29 is 9.90 Å². The van der Waals surface area contributed by atoms with E-state index in [0.717, 1.165) is 11.3 Å². The molecule has 0 bridgehead atoms. The number of carboxylic acids is 1. The third-order valence-electron chi connectivity index (χ3n) is 2.32. The number of aliphatic carboxylic acids is 1.